The molecule has 1 aromatic rings. The van der Waals surface area contributed by atoms with Gasteiger partial charge in [0.1, 0.15) is 0 Å². The van der Waals surface area contributed by atoms with Gasteiger partial charge in [-0.3, -0.25) is 10.1 Å². The first kappa shape index (κ1) is 12.0. The fourth-order valence-electron chi connectivity index (χ4n) is 1.44. The Morgan fingerprint density at radius 2 is 2.12 bits per heavy atom. The van der Waals surface area contributed by atoms with Crippen LogP contribution in [0.4, 0.5) is 5.69 Å². The number of benzene rings is 1. The third kappa shape index (κ3) is 1.96. The van der Waals surface area contributed by atoms with Crippen LogP contribution in [0.1, 0.15) is 19.4 Å². The van der Waals surface area contributed by atoms with Crippen molar-refractivity contribution >= 4 is 5.69 Å². The van der Waals surface area contributed by atoms with E-state index < -0.39 is 10.3 Å². The molecule has 0 saturated carbocycles. The third-order valence-corrected chi connectivity index (χ3v) is 2.35. The van der Waals surface area contributed by atoms with Crippen LogP contribution >= 0.6 is 0 Å². The summed E-state index contributed by atoms with van der Waals surface area (Å²) in [6.07, 6.45) is 0. The number of nitrogens with zero attached hydrogens (tertiary/aromatic N) is 2. The topological polar surface area (TPSA) is 76.2 Å². The van der Waals surface area contributed by atoms with Crippen LogP contribution in [0.3, 0.4) is 0 Å². The Balaban J connectivity index is 3.53. The predicted molar refractivity (Wildman–Crippen MR) is 58.3 cm³/mol. The number of rotatable bonds is 3. The molecular weight excluding hydrogens is 208 g/mol. The molecule has 5 nitrogen and oxygen atoms in total. The molecule has 16 heavy (non-hydrogen) atoms. The lowest BCUT2D eigenvalue weighted by molar-refractivity contribution is -0.386. The molecule has 0 aliphatic carbocycles. The van der Waals surface area contributed by atoms with Crippen molar-refractivity contribution in [2.24, 2.45) is 0 Å². The Labute approximate surface area is 93.4 Å². The van der Waals surface area contributed by atoms with Gasteiger partial charge in [-0.15, -0.1) is 0 Å². The minimum Gasteiger partial charge on any atom is -0.490 e. The summed E-state index contributed by atoms with van der Waals surface area (Å²) < 4.78 is 4.94. The summed E-state index contributed by atoms with van der Waals surface area (Å²) in [5.74, 6) is 0.172. The highest BCUT2D eigenvalue weighted by Gasteiger charge is 2.31. The van der Waals surface area contributed by atoms with Crippen molar-refractivity contribution in [3.05, 3.63) is 33.9 Å². The summed E-state index contributed by atoms with van der Waals surface area (Å²) in [6.45, 7) is 3.27. The highest BCUT2D eigenvalue weighted by Crippen LogP contribution is 2.37. The Hall–Kier alpha value is -2.09. The van der Waals surface area contributed by atoms with Crippen LogP contribution in [0.25, 0.3) is 0 Å². The van der Waals surface area contributed by atoms with E-state index in [4.69, 9.17) is 10.00 Å². The molecule has 1 aromatic carbocycles. The van der Waals surface area contributed by atoms with E-state index in [1.54, 1.807) is 26.0 Å². The lowest BCUT2D eigenvalue weighted by atomic mass is 9.85. The fourth-order valence-corrected chi connectivity index (χ4v) is 1.44. The molecule has 5 heteroatoms. The first-order valence-corrected chi connectivity index (χ1v) is 4.67. The van der Waals surface area contributed by atoms with Gasteiger partial charge in [-0.1, -0.05) is 12.1 Å². The van der Waals surface area contributed by atoms with Gasteiger partial charge in [-0.25, -0.2) is 0 Å². The number of ether oxygens (including phenoxy) is 1. The normalized spacial score (nSPS) is 10.6. The smallest absolute Gasteiger partial charge is 0.315 e. The zero-order valence-corrected chi connectivity index (χ0v) is 9.35. The maximum Gasteiger partial charge on any atom is 0.315 e. The molecule has 0 aromatic heterocycles. The number of nitro benzene ring substituents is 1. The maximum atomic E-state index is 11.0. The highest BCUT2D eigenvalue weighted by molar-refractivity contribution is 5.57. The third-order valence-electron chi connectivity index (χ3n) is 2.35. The van der Waals surface area contributed by atoms with E-state index in [2.05, 4.69) is 0 Å². The SMILES string of the molecule is COc1cccc(C(C)(C)C#N)c1[N+](=O)[O-]. The number of hydrogen-bond donors (Lipinski definition) is 0. The molecule has 0 atom stereocenters. The minimum atomic E-state index is -0.920. The van der Waals surface area contributed by atoms with Crippen molar-refractivity contribution in [1.82, 2.24) is 0 Å². The van der Waals surface area contributed by atoms with Crippen molar-refractivity contribution < 1.29 is 9.66 Å². The number of para-hydroxylation sites is 1. The van der Waals surface area contributed by atoms with Crippen molar-refractivity contribution in [2.75, 3.05) is 7.11 Å². The molecule has 0 heterocycles. The molecule has 0 aliphatic heterocycles. The average Bonchev–Trinajstić information content (AvgIpc) is 2.27. The summed E-state index contributed by atoms with van der Waals surface area (Å²) >= 11 is 0. The second-order valence-electron chi connectivity index (χ2n) is 3.85. The molecule has 0 bridgehead atoms. The number of methoxy groups -OCH3 is 1. The van der Waals surface area contributed by atoms with Crippen molar-refractivity contribution in [1.29, 1.82) is 5.26 Å². The molecule has 0 radical (unpaired) electrons. The van der Waals surface area contributed by atoms with E-state index in [9.17, 15) is 10.1 Å². The largest absolute Gasteiger partial charge is 0.490 e. The van der Waals surface area contributed by atoms with Gasteiger partial charge in [0.2, 0.25) is 0 Å². The molecule has 0 unspecified atom stereocenters. The van der Waals surface area contributed by atoms with Crippen LogP contribution in [0.2, 0.25) is 0 Å². The van der Waals surface area contributed by atoms with E-state index in [1.165, 1.54) is 13.2 Å². The number of nitriles is 1. The van der Waals surface area contributed by atoms with Crippen molar-refractivity contribution in [3.63, 3.8) is 0 Å². The first-order valence-electron chi connectivity index (χ1n) is 4.67. The summed E-state index contributed by atoms with van der Waals surface area (Å²) in [5, 5.41) is 20.0. The summed E-state index contributed by atoms with van der Waals surface area (Å²) in [7, 11) is 1.37. The van der Waals surface area contributed by atoms with E-state index in [1.807, 2.05) is 6.07 Å². The maximum absolute atomic E-state index is 11.0. The molecule has 1 rings (SSSR count). The van der Waals surface area contributed by atoms with Crippen LogP contribution in [0.15, 0.2) is 18.2 Å². The molecular formula is C11H12N2O3. The Morgan fingerprint density at radius 1 is 1.50 bits per heavy atom. The predicted octanol–water partition coefficient (Wildman–Crippen LogP) is 2.40. The summed E-state index contributed by atoms with van der Waals surface area (Å²) in [6, 6.07) is 6.77. The second-order valence-corrected chi connectivity index (χ2v) is 3.85. The summed E-state index contributed by atoms with van der Waals surface area (Å²) in [4.78, 5) is 10.5. The second kappa shape index (κ2) is 4.19. The van der Waals surface area contributed by atoms with Crippen molar-refractivity contribution in [2.45, 2.75) is 19.3 Å². The highest BCUT2D eigenvalue weighted by atomic mass is 16.6. The Bertz CT molecular complexity index is 461. The van der Waals surface area contributed by atoms with Crippen LogP contribution in [-0.2, 0) is 5.41 Å². The molecule has 0 fully saturated rings. The molecule has 0 amide bonds. The fraction of sp³-hybridized carbons (Fsp3) is 0.364. The standard InChI is InChI=1S/C11H12N2O3/c1-11(2,7-12)8-5-4-6-9(16-3)10(8)13(14)15/h4-6H,1-3H3. The van der Waals surface area contributed by atoms with E-state index in [0.717, 1.165) is 0 Å². The average molecular weight is 220 g/mol. The zero-order valence-electron chi connectivity index (χ0n) is 9.35. The van der Waals surface area contributed by atoms with Crippen LogP contribution in [-0.4, -0.2) is 12.0 Å². The van der Waals surface area contributed by atoms with Gasteiger partial charge < -0.3 is 4.74 Å². The van der Waals surface area contributed by atoms with Gasteiger partial charge in [0.15, 0.2) is 5.75 Å². The zero-order chi connectivity index (χ0) is 12.3. The minimum absolute atomic E-state index is 0.142. The number of hydrogen-bond acceptors (Lipinski definition) is 4. The first-order chi connectivity index (χ1) is 7.44. The lowest BCUT2D eigenvalue weighted by Crippen LogP contribution is -2.16. The van der Waals surface area contributed by atoms with Gasteiger partial charge in [0.25, 0.3) is 0 Å². The Morgan fingerprint density at radius 3 is 2.56 bits per heavy atom. The summed E-state index contributed by atoms with van der Waals surface area (Å²) in [5.41, 5.74) is -0.701. The Kier molecular flexibility index (Phi) is 3.14. The van der Waals surface area contributed by atoms with Crippen LogP contribution in [0, 0.1) is 21.4 Å². The number of nitro groups is 1. The monoisotopic (exact) mass is 220 g/mol. The molecule has 0 saturated heterocycles. The van der Waals surface area contributed by atoms with Gasteiger partial charge >= 0.3 is 5.69 Å². The van der Waals surface area contributed by atoms with Crippen LogP contribution in [0.5, 0.6) is 5.75 Å². The van der Waals surface area contributed by atoms with Gasteiger partial charge in [0, 0.05) is 0 Å². The molecule has 0 aliphatic rings. The van der Waals surface area contributed by atoms with Gasteiger partial charge in [-0.05, 0) is 19.9 Å². The van der Waals surface area contributed by atoms with E-state index in [0.29, 0.717) is 5.56 Å². The lowest BCUT2D eigenvalue weighted by Gasteiger charge is -2.16. The quantitative estimate of drug-likeness (QED) is 0.579. The molecule has 0 N–H and O–H groups in total. The molecule has 84 valence electrons. The van der Waals surface area contributed by atoms with Crippen molar-refractivity contribution in [3.8, 4) is 11.8 Å². The van der Waals surface area contributed by atoms with Gasteiger partial charge in [0.05, 0.1) is 29.1 Å². The van der Waals surface area contributed by atoms with Crippen LogP contribution < -0.4 is 4.74 Å². The van der Waals surface area contributed by atoms with E-state index in [-0.39, 0.29) is 11.4 Å². The van der Waals surface area contributed by atoms with Gasteiger partial charge in [-0.2, -0.15) is 5.26 Å². The van der Waals surface area contributed by atoms with E-state index >= 15 is 0 Å². The molecule has 0 spiro atoms.